The molecule has 0 fully saturated rings. The molecular formula is C15H16N2O2. The number of carboxylic acid groups (broad SMARTS) is 1. The van der Waals surface area contributed by atoms with E-state index in [9.17, 15) is 9.90 Å². The van der Waals surface area contributed by atoms with Gasteiger partial charge in [0, 0.05) is 13.2 Å². The summed E-state index contributed by atoms with van der Waals surface area (Å²) in [4.78, 5) is 17.4. The largest absolute Gasteiger partial charge is 0.478 e. The molecule has 1 N–H and O–H groups in total. The number of aryl methyl sites for hydroxylation is 1. The number of anilines is 1. The Balaban J connectivity index is 2.30. The van der Waals surface area contributed by atoms with Crippen LogP contribution in [0, 0.1) is 6.92 Å². The fourth-order valence-corrected chi connectivity index (χ4v) is 1.96. The lowest BCUT2D eigenvalue weighted by molar-refractivity contribution is 0.0697. The molecule has 2 rings (SSSR count). The van der Waals surface area contributed by atoms with Crippen molar-refractivity contribution in [2.45, 2.75) is 13.5 Å². The second-order valence-corrected chi connectivity index (χ2v) is 4.50. The van der Waals surface area contributed by atoms with E-state index in [1.54, 1.807) is 12.3 Å². The number of nitrogens with zero attached hydrogens (tertiary/aromatic N) is 2. The topological polar surface area (TPSA) is 53.4 Å². The summed E-state index contributed by atoms with van der Waals surface area (Å²) >= 11 is 0. The number of benzene rings is 1. The number of pyridine rings is 1. The minimum Gasteiger partial charge on any atom is -0.478 e. The summed E-state index contributed by atoms with van der Waals surface area (Å²) in [6.45, 7) is 2.52. The highest BCUT2D eigenvalue weighted by molar-refractivity contribution is 5.94. The Morgan fingerprint density at radius 3 is 2.74 bits per heavy atom. The Kier molecular flexibility index (Phi) is 3.80. The molecule has 98 valence electrons. The SMILES string of the molecule is Cc1ccc(C(=O)O)c(N(C)Cc2ccccn2)c1. The van der Waals surface area contributed by atoms with Gasteiger partial charge in [-0.25, -0.2) is 4.79 Å². The molecule has 0 spiro atoms. The summed E-state index contributed by atoms with van der Waals surface area (Å²) in [5, 5.41) is 9.23. The highest BCUT2D eigenvalue weighted by Gasteiger charge is 2.14. The third kappa shape index (κ3) is 3.10. The predicted octanol–water partition coefficient (Wildman–Crippen LogP) is 2.72. The lowest BCUT2D eigenvalue weighted by atomic mass is 10.1. The fourth-order valence-electron chi connectivity index (χ4n) is 1.96. The van der Waals surface area contributed by atoms with Gasteiger partial charge >= 0.3 is 5.97 Å². The van der Waals surface area contributed by atoms with Gasteiger partial charge < -0.3 is 10.0 Å². The van der Waals surface area contributed by atoms with Crippen LogP contribution in [0.25, 0.3) is 0 Å². The number of hydrogen-bond donors (Lipinski definition) is 1. The van der Waals surface area contributed by atoms with Crippen LogP contribution in [0.15, 0.2) is 42.6 Å². The molecule has 0 saturated heterocycles. The smallest absolute Gasteiger partial charge is 0.337 e. The molecule has 4 nitrogen and oxygen atoms in total. The van der Waals surface area contributed by atoms with Gasteiger partial charge in [0.15, 0.2) is 0 Å². The maximum Gasteiger partial charge on any atom is 0.337 e. The van der Waals surface area contributed by atoms with Gasteiger partial charge in [-0.1, -0.05) is 12.1 Å². The van der Waals surface area contributed by atoms with Gasteiger partial charge in [-0.15, -0.1) is 0 Å². The molecule has 0 aliphatic heterocycles. The molecule has 0 unspecified atom stereocenters. The lowest BCUT2D eigenvalue weighted by Gasteiger charge is -2.21. The van der Waals surface area contributed by atoms with Gasteiger partial charge in [0.1, 0.15) is 0 Å². The van der Waals surface area contributed by atoms with E-state index < -0.39 is 5.97 Å². The molecule has 1 heterocycles. The molecule has 1 aromatic carbocycles. The van der Waals surface area contributed by atoms with E-state index in [-0.39, 0.29) is 0 Å². The molecule has 0 saturated carbocycles. The highest BCUT2D eigenvalue weighted by atomic mass is 16.4. The summed E-state index contributed by atoms with van der Waals surface area (Å²) in [7, 11) is 1.87. The zero-order valence-corrected chi connectivity index (χ0v) is 11.0. The van der Waals surface area contributed by atoms with E-state index in [0.29, 0.717) is 17.8 Å². The second kappa shape index (κ2) is 5.52. The van der Waals surface area contributed by atoms with E-state index in [4.69, 9.17) is 0 Å². The molecule has 0 atom stereocenters. The molecule has 0 amide bonds. The van der Waals surface area contributed by atoms with Crippen molar-refractivity contribution in [2.75, 3.05) is 11.9 Å². The van der Waals surface area contributed by atoms with Gasteiger partial charge in [-0.05, 0) is 36.8 Å². The van der Waals surface area contributed by atoms with Crippen molar-refractivity contribution < 1.29 is 9.90 Å². The maximum atomic E-state index is 11.2. The molecule has 4 heteroatoms. The summed E-state index contributed by atoms with van der Waals surface area (Å²) in [6, 6.07) is 11.0. The molecule has 0 radical (unpaired) electrons. The van der Waals surface area contributed by atoms with Crippen LogP contribution in [0.2, 0.25) is 0 Å². The molecule has 0 aliphatic carbocycles. The molecular weight excluding hydrogens is 240 g/mol. The molecule has 2 aromatic rings. The third-order valence-corrected chi connectivity index (χ3v) is 2.92. The molecule has 1 aromatic heterocycles. The number of rotatable bonds is 4. The van der Waals surface area contributed by atoms with E-state index in [1.165, 1.54) is 0 Å². The molecule has 19 heavy (non-hydrogen) atoms. The summed E-state index contributed by atoms with van der Waals surface area (Å²) in [5.41, 5.74) is 2.96. The number of aromatic carboxylic acids is 1. The van der Waals surface area contributed by atoms with Crippen LogP contribution in [0.1, 0.15) is 21.6 Å². The minimum absolute atomic E-state index is 0.309. The van der Waals surface area contributed by atoms with Gasteiger partial charge in [-0.3, -0.25) is 4.98 Å². The summed E-state index contributed by atoms with van der Waals surface area (Å²) in [5.74, 6) is -0.914. The van der Waals surface area contributed by atoms with E-state index in [0.717, 1.165) is 11.3 Å². The number of aromatic nitrogens is 1. The van der Waals surface area contributed by atoms with Crippen LogP contribution in [0.3, 0.4) is 0 Å². The first-order valence-corrected chi connectivity index (χ1v) is 6.03. The van der Waals surface area contributed by atoms with Crippen molar-refractivity contribution in [1.82, 2.24) is 4.98 Å². The maximum absolute atomic E-state index is 11.2. The standard InChI is InChI=1S/C15H16N2O2/c1-11-6-7-13(15(18)19)14(9-11)17(2)10-12-5-3-4-8-16-12/h3-9H,10H2,1-2H3,(H,18,19). The number of carbonyl (C=O) groups is 1. The van der Waals surface area contributed by atoms with Crippen molar-refractivity contribution in [3.63, 3.8) is 0 Å². The van der Waals surface area contributed by atoms with Gasteiger partial charge in [0.25, 0.3) is 0 Å². The monoisotopic (exact) mass is 256 g/mol. The average molecular weight is 256 g/mol. The molecule has 0 bridgehead atoms. The van der Waals surface area contributed by atoms with Gasteiger partial charge in [0.2, 0.25) is 0 Å². The van der Waals surface area contributed by atoms with Gasteiger partial charge in [-0.2, -0.15) is 0 Å². The highest BCUT2D eigenvalue weighted by Crippen LogP contribution is 2.22. The van der Waals surface area contributed by atoms with Crippen molar-refractivity contribution in [3.8, 4) is 0 Å². The Morgan fingerprint density at radius 2 is 2.11 bits per heavy atom. The van der Waals surface area contributed by atoms with Crippen molar-refractivity contribution in [1.29, 1.82) is 0 Å². The predicted molar refractivity (Wildman–Crippen MR) is 74.5 cm³/mol. The van der Waals surface area contributed by atoms with Crippen LogP contribution >= 0.6 is 0 Å². The number of carboxylic acids is 1. The van der Waals surface area contributed by atoms with Gasteiger partial charge in [0.05, 0.1) is 23.5 Å². The number of hydrogen-bond acceptors (Lipinski definition) is 3. The van der Waals surface area contributed by atoms with Crippen LogP contribution in [0.4, 0.5) is 5.69 Å². The van der Waals surface area contributed by atoms with E-state index >= 15 is 0 Å². The fraction of sp³-hybridized carbons (Fsp3) is 0.200. The first-order chi connectivity index (χ1) is 9.08. The minimum atomic E-state index is -0.914. The van der Waals surface area contributed by atoms with Crippen LogP contribution in [-0.2, 0) is 6.54 Å². The quantitative estimate of drug-likeness (QED) is 0.913. The van der Waals surface area contributed by atoms with Crippen LogP contribution in [0.5, 0.6) is 0 Å². The normalized spacial score (nSPS) is 10.2. The Morgan fingerprint density at radius 1 is 1.32 bits per heavy atom. The zero-order chi connectivity index (χ0) is 13.8. The Hall–Kier alpha value is -2.36. The van der Waals surface area contributed by atoms with Crippen molar-refractivity contribution >= 4 is 11.7 Å². The van der Waals surface area contributed by atoms with Crippen LogP contribution in [-0.4, -0.2) is 23.1 Å². The van der Waals surface area contributed by atoms with Crippen molar-refractivity contribution in [2.24, 2.45) is 0 Å². The van der Waals surface area contributed by atoms with E-state index in [1.807, 2.05) is 49.2 Å². The van der Waals surface area contributed by atoms with Crippen molar-refractivity contribution in [3.05, 3.63) is 59.4 Å². The third-order valence-electron chi connectivity index (χ3n) is 2.92. The Bertz CT molecular complexity index is 582. The molecule has 0 aliphatic rings. The zero-order valence-electron chi connectivity index (χ0n) is 11.0. The Labute approximate surface area is 112 Å². The first-order valence-electron chi connectivity index (χ1n) is 6.03. The van der Waals surface area contributed by atoms with E-state index in [2.05, 4.69) is 4.98 Å². The van der Waals surface area contributed by atoms with Crippen LogP contribution < -0.4 is 4.90 Å². The summed E-state index contributed by atoms with van der Waals surface area (Å²) < 4.78 is 0. The summed E-state index contributed by atoms with van der Waals surface area (Å²) in [6.07, 6.45) is 1.73. The second-order valence-electron chi connectivity index (χ2n) is 4.50. The average Bonchev–Trinajstić information content (AvgIpc) is 2.39. The lowest BCUT2D eigenvalue weighted by Crippen LogP contribution is -2.20. The first kappa shape index (κ1) is 13.1.